The molecular formula is C16H15FN2O2. The van der Waals surface area contributed by atoms with Gasteiger partial charge in [-0.3, -0.25) is 10.1 Å². The van der Waals surface area contributed by atoms with Crippen molar-refractivity contribution in [2.24, 2.45) is 0 Å². The molecule has 21 heavy (non-hydrogen) atoms. The molecular weight excluding hydrogens is 271 g/mol. The highest BCUT2D eigenvalue weighted by Crippen LogP contribution is 2.36. The van der Waals surface area contributed by atoms with E-state index >= 15 is 0 Å². The van der Waals surface area contributed by atoms with Gasteiger partial charge in [0.15, 0.2) is 0 Å². The number of hydrogen-bond acceptors (Lipinski definition) is 3. The molecule has 0 spiro atoms. The first-order valence-corrected chi connectivity index (χ1v) is 6.85. The van der Waals surface area contributed by atoms with E-state index in [1.807, 2.05) is 13.0 Å². The molecule has 0 radical (unpaired) electrons. The Morgan fingerprint density at radius 2 is 2.14 bits per heavy atom. The zero-order valence-corrected chi connectivity index (χ0v) is 11.6. The number of nitrogens with one attached hydrogen (secondary N) is 1. The van der Waals surface area contributed by atoms with Crippen LogP contribution >= 0.6 is 0 Å². The first-order chi connectivity index (χ1) is 10.1. The zero-order valence-electron chi connectivity index (χ0n) is 11.6. The second kappa shape index (κ2) is 5.16. The summed E-state index contributed by atoms with van der Waals surface area (Å²) < 4.78 is 13.7. The molecule has 2 aromatic carbocycles. The predicted octanol–water partition coefficient (Wildman–Crippen LogP) is 4.14. The molecule has 5 heteroatoms. The smallest absolute Gasteiger partial charge is 0.269 e. The van der Waals surface area contributed by atoms with Crippen molar-refractivity contribution in [1.29, 1.82) is 0 Å². The van der Waals surface area contributed by atoms with Crippen molar-refractivity contribution < 1.29 is 9.31 Å². The van der Waals surface area contributed by atoms with E-state index in [2.05, 4.69) is 5.32 Å². The number of nitro benzene ring substituents is 1. The number of non-ortho nitro benzene ring substituents is 1. The van der Waals surface area contributed by atoms with Crippen molar-refractivity contribution >= 4 is 11.4 Å². The maximum atomic E-state index is 13.7. The Morgan fingerprint density at radius 3 is 2.86 bits per heavy atom. The van der Waals surface area contributed by atoms with Gasteiger partial charge in [-0.2, -0.15) is 0 Å². The summed E-state index contributed by atoms with van der Waals surface area (Å²) in [5.41, 5.74) is 3.50. The summed E-state index contributed by atoms with van der Waals surface area (Å²) >= 11 is 0. The van der Waals surface area contributed by atoms with Crippen molar-refractivity contribution in [2.75, 3.05) is 5.32 Å². The lowest BCUT2D eigenvalue weighted by Crippen LogP contribution is -2.08. The van der Waals surface area contributed by atoms with Gasteiger partial charge in [-0.15, -0.1) is 0 Å². The highest BCUT2D eigenvalue weighted by molar-refractivity contribution is 5.57. The van der Waals surface area contributed by atoms with Crippen molar-refractivity contribution in [3.8, 4) is 0 Å². The minimum Gasteiger partial charge on any atom is -0.378 e. The molecule has 108 valence electrons. The molecule has 0 aromatic heterocycles. The molecule has 3 rings (SSSR count). The molecule has 1 aliphatic rings. The predicted molar refractivity (Wildman–Crippen MR) is 78.9 cm³/mol. The van der Waals surface area contributed by atoms with Crippen LogP contribution in [0.25, 0.3) is 0 Å². The van der Waals surface area contributed by atoms with E-state index < -0.39 is 4.92 Å². The number of anilines is 1. The summed E-state index contributed by atoms with van der Waals surface area (Å²) in [6.07, 6.45) is 1.54. The van der Waals surface area contributed by atoms with Gasteiger partial charge >= 0.3 is 0 Å². The Morgan fingerprint density at radius 1 is 1.33 bits per heavy atom. The van der Waals surface area contributed by atoms with E-state index in [1.165, 1.54) is 12.1 Å². The fraction of sp³-hybridized carbons (Fsp3) is 0.250. The second-order valence-corrected chi connectivity index (χ2v) is 5.30. The molecule has 0 saturated carbocycles. The van der Waals surface area contributed by atoms with Gasteiger partial charge in [0.25, 0.3) is 5.69 Å². The third-order valence-corrected chi connectivity index (χ3v) is 3.96. The van der Waals surface area contributed by atoms with Crippen molar-refractivity contribution in [1.82, 2.24) is 0 Å². The van der Waals surface area contributed by atoms with Crippen LogP contribution < -0.4 is 5.32 Å². The first kappa shape index (κ1) is 13.5. The second-order valence-electron chi connectivity index (χ2n) is 5.30. The summed E-state index contributed by atoms with van der Waals surface area (Å²) in [6, 6.07) is 9.93. The summed E-state index contributed by atoms with van der Waals surface area (Å²) in [4.78, 5) is 10.3. The Hall–Kier alpha value is -2.43. The highest BCUT2D eigenvalue weighted by atomic mass is 19.1. The molecule has 0 heterocycles. The van der Waals surface area contributed by atoms with Crippen LogP contribution in [0.4, 0.5) is 15.8 Å². The molecule has 4 nitrogen and oxygen atoms in total. The highest BCUT2D eigenvalue weighted by Gasteiger charge is 2.25. The monoisotopic (exact) mass is 286 g/mol. The van der Waals surface area contributed by atoms with Gasteiger partial charge in [-0.05, 0) is 48.6 Å². The fourth-order valence-corrected chi connectivity index (χ4v) is 2.87. The normalized spacial score (nSPS) is 16.6. The Kier molecular flexibility index (Phi) is 3.33. The summed E-state index contributed by atoms with van der Waals surface area (Å²) in [5, 5.41) is 14.1. The maximum absolute atomic E-state index is 13.7. The van der Waals surface area contributed by atoms with Gasteiger partial charge in [-0.25, -0.2) is 4.39 Å². The quantitative estimate of drug-likeness (QED) is 0.681. The van der Waals surface area contributed by atoms with Crippen molar-refractivity contribution in [2.45, 2.75) is 25.8 Å². The lowest BCUT2D eigenvalue weighted by Gasteiger charge is -2.17. The van der Waals surface area contributed by atoms with E-state index in [4.69, 9.17) is 0 Å². The minimum atomic E-state index is -0.406. The standard InChI is InChI=1S/C16H15FN2O2/c1-10-9-11(19(20)21)5-7-15(10)18-16-8-6-12-13(16)3-2-4-14(12)17/h2-5,7,9,16,18H,6,8H2,1H3. The van der Waals surface area contributed by atoms with Crippen molar-refractivity contribution in [3.63, 3.8) is 0 Å². The third kappa shape index (κ3) is 2.46. The van der Waals surface area contributed by atoms with Crippen LogP contribution in [-0.2, 0) is 6.42 Å². The number of fused-ring (bicyclic) bond motifs is 1. The van der Waals surface area contributed by atoms with Crippen LogP contribution in [0.2, 0.25) is 0 Å². The Bertz CT molecular complexity index is 715. The average Bonchev–Trinajstić information content (AvgIpc) is 2.85. The number of nitro groups is 1. The van der Waals surface area contributed by atoms with Gasteiger partial charge in [0.05, 0.1) is 11.0 Å². The SMILES string of the molecule is Cc1cc([N+](=O)[O-])ccc1NC1CCc2c(F)cccc21. The average molecular weight is 286 g/mol. The molecule has 0 aliphatic heterocycles. The van der Waals surface area contributed by atoms with E-state index in [0.717, 1.165) is 28.8 Å². The molecule has 2 aromatic rings. The molecule has 1 unspecified atom stereocenters. The topological polar surface area (TPSA) is 55.2 Å². The Labute approximate surface area is 121 Å². The van der Waals surface area contributed by atoms with Crippen molar-refractivity contribution in [3.05, 3.63) is 69.0 Å². The van der Waals surface area contributed by atoms with Crippen LogP contribution in [0, 0.1) is 22.9 Å². The number of rotatable bonds is 3. The van der Waals surface area contributed by atoms with E-state index in [1.54, 1.807) is 18.2 Å². The first-order valence-electron chi connectivity index (χ1n) is 6.85. The third-order valence-electron chi connectivity index (χ3n) is 3.96. The molecule has 0 fully saturated rings. The molecule has 0 bridgehead atoms. The largest absolute Gasteiger partial charge is 0.378 e. The lowest BCUT2D eigenvalue weighted by molar-refractivity contribution is -0.384. The summed E-state index contributed by atoms with van der Waals surface area (Å²) in [5.74, 6) is -0.155. The fourth-order valence-electron chi connectivity index (χ4n) is 2.87. The van der Waals surface area contributed by atoms with Gasteiger partial charge in [0.1, 0.15) is 5.82 Å². The van der Waals surface area contributed by atoms with E-state index in [-0.39, 0.29) is 17.5 Å². The van der Waals surface area contributed by atoms with E-state index in [0.29, 0.717) is 6.42 Å². The molecule has 0 saturated heterocycles. The van der Waals surface area contributed by atoms with Crippen LogP contribution in [-0.4, -0.2) is 4.92 Å². The van der Waals surface area contributed by atoms with Gasteiger partial charge in [-0.1, -0.05) is 12.1 Å². The number of hydrogen-bond donors (Lipinski definition) is 1. The molecule has 1 N–H and O–H groups in total. The molecule has 1 atom stereocenters. The van der Waals surface area contributed by atoms with Crippen LogP contribution in [0.5, 0.6) is 0 Å². The summed E-state index contributed by atoms with van der Waals surface area (Å²) in [7, 11) is 0. The van der Waals surface area contributed by atoms with Gasteiger partial charge in [0, 0.05) is 17.8 Å². The van der Waals surface area contributed by atoms with Gasteiger partial charge in [0.2, 0.25) is 0 Å². The van der Waals surface area contributed by atoms with Gasteiger partial charge < -0.3 is 5.32 Å². The van der Waals surface area contributed by atoms with Crippen LogP contribution in [0.1, 0.15) is 29.2 Å². The maximum Gasteiger partial charge on any atom is 0.269 e. The Balaban J connectivity index is 1.86. The van der Waals surface area contributed by atoms with E-state index in [9.17, 15) is 14.5 Å². The number of benzene rings is 2. The lowest BCUT2D eigenvalue weighted by atomic mass is 10.1. The number of aryl methyl sites for hydroxylation is 1. The zero-order chi connectivity index (χ0) is 15.0. The number of nitrogens with zero attached hydrogens (tertiary/aromatic N) is 1. The molecule has 1 aliphatic carbocycles. The summed E-state index contributed by atoms with van der Waals surface area (Å²) in [6.45, 7) is 1.83. The van der Waals surface area contributed by atoms with Crippen LogP contribution in [0.15, 0.2) is 36.4 Å². The molecule has 0 amide bonds. The van der Waals surface area contributed by atoms with Crippen LogP contribution in [0.3, 0.4) is 0 Å². The minimum absolute atomic E-state index is 0.0517. The number of halogens is 1.